The first-order chi connectivity index (χ1) is 14.8. The number of rotatable bonds is 15. The SMILES string of the molecule is CCCCC(CC)CO.CCCCC(CC)CO.CCCCC(CC)CO.[Cl][Cr]([Cl])[Cl]. The Morgan fingerprint density at radius 3 is 0.806 bits per heavy atom. The van der Waals surface area contributed by atoms with E-state index in [4.69, 9.17) is 45.5 Å². The summed E-state index contributed by atoms with van der Waals surface area (Å²) in [6.45, 7) is 14.1. The molecule has 0 aliphatic rings. The monoisotopic (exact) mass is 547 g/mol. The van der Waals surface area contributed by atoms with Crippen LogP contribution in [0.5, 0.6) is 0 Å². The van der Waals surface area contributed by atoms with Crippen LogP contribution in [0.15, 0.2) is 0 Å². The Hall–Kier alpha value is 1.28. The van der Waals surface area contributed by atoms with Crippen molar-refractivity contribution in [2.75, 3.05) is 19.8 Å². The van der Waals surface area contributed by atoms with Crippen molar-refractivity contribution in [2.24, 2.45) is 17.8 Å². The van der Waals surface area contributed by atoms with Gasteiger partial charge >= 0.3 is 41.5 Å². The summed E-state index contributed by atoms with van der Waals surface area (Å²) in [6, 6.07) is 0. The van der Waals surface area contributed by atoms with Gasteiger partial charge in [0.25, 0.3) is 0 Å². The first-order valence-corrected chi connectivity index (χ1v) is 17.6. The summed E-state index contributed by atoms with van der Waals surface area (Å²) in [6.07, 6.45) is 14.5. The van der Waals surface area contributed by atoms with Crippen molar-refractivity contribution < 1.29 is 26.7 Å². The molecule has 0 aliphatic carbocycles. The molecule has 0 radical (unpaired) electrons. The van der Waals surface area contributed by atoms with Gasteiger partial charge in [0.05, 0.1) is 0 Å². The average molecular weight is 549 g/mol. The molecule has 7 heteroatoms. The fourth-order valence-corrected chi connectivity index (χ4v) is 2.75. The van der Waals surface area contributed by atoms with Gasteiger partial charge < -0.3 is 15.3 Å². The third kappa shape index (κ3) is 42.0. The molecule has 0 aromatic carbocycles. The minimum absolute atomic E-state index is 0.372. The number of halogens is 3. The van der Waals surface area contributed by atoms with E-state index in [1.807, 2.05) is 0 Å². The number of aliphatic hydroxyl groups is 3. The molecule has 0 aromatic heterocycles. The molecule has 0 rings (SSSR count). The normalized spacial score (nSPS) is 13.1. The van der Waals surface area contributed by atoms with Crippen molar-refractivity contribution in [3.63, 3.8) is 0 Å². The second-order valence-electron chi connectivity index (χ2n) is 7.97. The molecule has 0 aromatic rings. The Morgan fingerprint density at radius 2 is 0.710 bits per heavy atom. The molecule has 195 valence electrons. The van der Waals surface area contributed by atoms with Crippen LogP contribution in [-0.4, -0.2) is 35.1 Å². The van der Waals surface area contributed by atoms with Crippen LogP contribution in [0.2, 0.25) is 0 Å². The summed E-state index contributed by atoms with van der Waals surface area (Å²) in [5, 5.41) is 26.3. The maximum absolute atomic E-state index is 8.75. The van der Waals surface area contributed by atoms with Gasteiger partial charge in [-0.1, -0.05) is 99.3 Å². The van der Waals surface area contributed by atoms with Crippen molar-refractivity contribution in [2.45, 2.75) is 119 Å². The second-order valence-corrected chi connectivity index (χ2v) is 14.3. The van der Waals surface area contributed by atoms with Gasteiger partial charge in [0, 0.05) is 19.8 Å². The van der Waals surface area contributed by atoms with E-state index >= 15 is 0 Å². The van der Waals surface area contributed by atoms with Gasteiger partial charge in [-0.2, -0.15) is 0 Å². The molecule has 0 saturated heterocycles. The molecule has 0 heterocycles. The van der Waals surface area contributed by atoms with Crippen molar-refractivity contribution in [3.8, 4) is 0 Å². The van der Waals surface area contributed by atoms with Crippen LogP contribution in [0.25, 0.3) is 0 Å². The van der Waals surface area contributed by atoms with E-state index in [1.165, 1.54) is 57.8 Å². The molecular weight excluding hydrogens is 495 g/mol. The molecular formula is C24H54Cl3CrO3. The summed E-state index contributed by atoms with van der Waals surface area (Å²) in [5.74, 6) is 1.68. The Kier molecular flexibility index (Phi) is 45.7. The van der Waals surface area contributed by atoms with E-state index in [9.17, 15) is 0 Å². The molecule has 0 spiro atoms. The van der Waals surface area contributed by atoms with Crippen LogP contribution in [0.3, 0.4) is 0 Å². The van der Waals surface area contributed by atoms with Crippen LogP contribution in [0.1, 0.15) is 119 Å². The van der Waals surface area contributed by atoms with Crippen molar-refractivity contribution in [1.82, 2.24) is 0 Å². The van der Waals surface area contributed by atoms with E-state index in [0.29, 0.717) is 37.6 Å². The molecule has 0 bridgehead atoms. The predicted molar refractivity (Wildman–Crippen MR) is 139 cm³/mol. The predicted octanol–water partition coefficient (Wildman–Crippen LogP) is 8.65. The summed E-state index contributed by atoms with van der Waals surface area (Å²) in [4.78, 5) is 0. The summed E-state index contributed by atoms with van der Waals surface area (Å²) < 4.78 is 0. The molecule has 0 fully saturated rings. The third-order valence-electron chi connectivity index (χ3n) is 5.40. The molecule has 0 aliphatic heterocycles. The fourth-order valence-electron chi connectivity index (χ4n) is 2.75. The van der Waals surface area contributed by atoms with Crippen molar-refractivity contribution in [3.05, 3.63) is 0 Å². The van der Waals surface area contributed by atoms with Gasteiger partial charge in [0.1, 0.15) is 0 Å². The van der Waals surface area contributed by atoms with E-state index in [0.717, 1.165) is 19.3 Å². The van der Waals surface area contributed by atoms with E-state index in [-0.39, 0.29) is 0 Å². The molecule has 3 nitrogen and oxygen atoms in total. The van der Waals surface area contributed by atoms with Gasteiger partial charge in [-0.25, -0.2) is 0 Å². The van der Waals surface area contributed by atoms with Crippen LogP contribution in [0.4, 0.5) is 0 Å². The zero-order chi connectivity index (χ0) is 24.9. The van der Waals surface area contributed by atoms with Gasteiger partial charge in [-0.15, -0.1) is 0 Å². The van der Waals surface area contributed by atoms with E-state index < -0.39 is 11.4 Å². The van der Waals surface area contributed by atoms with Gasteiger partial charge in [0.15, 0.2) is 0 Å². The van der Waals surface area contributed by atoms with Crippen molar-refractivity contribution >= 4 is 30.1 Å². The summed E-state index contributed by atoms with van der Waals surface area (Å²) in [7, 11) is 14.8. The standard InChI is InChI=1S/3C8H18O.3ClH.Cr/c3*1-3-5-6-8(4-2)7-9;;;;/h3*8-9H,3-7H2,1-2H3;3*1H;/q;;;;;;+3/p-3. The van der Waals surface area contributed by atoms with Gasteiger partial charge in [-0.3, -0.25) is 0 Å². The van der Waals surface area contributed by atoms with Crippen LogP contribution in [0, 0.1) is 17.8 Å². The average Bonchev–Trinajstić information content (AvgIpc) is 2.77. The first kappa shape index (κ1) is 39.5. The number of unbranched alkanes of at least 4 members (excludes halogenated alkanes) is 3. The van der Waals surface area contributed by atoms with Gasteiger partial charge in [-0.05, 0) is 37.0 Å². The van der Waals surface area contributed by atoms with Crippen LogP contribution >= 0.6 is 30.1 Å². The second kappa shape index (κ2) is 35.9. The van der Waals surface area contributed by atoms with Crippen LogP contribution in [-0.2, 0) is 11.4 Å². The van der Waals surface area contributed by atoms with Gasteiger partial charge in [0.2, 0.25) is 0 Å². The molecule has 3 N–H and O–H groups in total. The molecule has 31 heavy (non-hydrogen) atoms. The molecule has 3 unspecified atom stereocenters. The summed E-state index contributed by atoms with van der Waals surface area (Å²) >= 11 is -1.62. The zero-order valence-corrected chi connectivity index (χ0v) is 24.8. The van der Waals surface area contributed by atoms with E-state index in [2.05, 4.69) is 41.5 Å². The Balaban J connectivity index is -0.000000162. The van der Waals surface area contributed by atoms with Crippen molar-refractivity contribution in [1.29, 1.82) is 0 Å². The molecule has 0 amide bonds. The van der Waals surface area contributed by atoms with Crippen LogP contribution < -0.4 is 0 Å². The maximum atomic E-state index is 8.75. The fraction of sp³-hybridized carbons (Fsp3) is 1.00. The zero-order valence-electron chi connectivity index (χ0n) is 21.2. The Bertz CT molecular complexity index is 236. The third-order valence-corrected chi connectivity index (χ3v) is 5.40. The quantitative estimate of drug-likeness (QED) is 0.192. The number of hydrogen-bond donors (Lipinski definition) is 3. The first-order valence-electron chi connectivity index (χ1n) is 12.3. The number of aliphatic hydroxyl groups excluding tert-OH is 3. The minimum atomic E-state index is -1.62. The number of hydrogen-bond acceptors (Lipinski definition) is 3. The molecule has 3 atom stereocenters. The Morgan fingerprint density at radius 1 is 0.516 bits per heavy atom. The topological polar surface area (TPSA) is 60.7 Å². The Labute approximate surface area is 212 Å². The molecule has 0 saturated carbocycles. The summed E-state index contributed by atoms with van der Waals surface area (Å²) in [5.41, 5.74) is 0. The van der Waals surface area contributed by atoms with E-state index in [1.54, 1.807) is 0 Å².